The molecule has 6 heteroatoms. The van der Waals surface area contributed by atoms with Crippen LogP contribution in [0.15, 0.2) is 24.3 Å². The third kappa shape index (κ3) is 3.90. The number of aliphatic carboxylic acids is 1. The fraction of sp³-hybridized carbons (Fsp3) is 0.500. The summed E-state index contributed by atoms with van der Waals surface area (Å²) >= 11 is 0. The summed E-state index contributed by atoms with van der Waals surface area (Å²) < 4.78 is 5.93. The smallest absolute Gasteiger partial charge is 0.317 e. The molecule has 0 spiro atoms. The van der Waals surface area contributed by atoms with Crippen LogP contribution >= 0.6 is 0 Å². The molecule has 2 N–H and O–H groups in total. The van der Waals surface area contributed by atoms with E-state index in [-0.39, 0.29) is 30.6 Å². The normalized spacial score (nSPS) is 18.8. The first kappa shape index (κ1) is 16.1. The number of carbonyl (C=O) groups excluding carboxylic acids is 1. The Balaban J connectivity index is 2.08. The monoisotopic (exact) mass is 306 g/mol. The van der Waals surface area contributed by atoms with Gasteiger partial charge in [-0.15, -0.1) is 0 Å². The second-order valence-electron chi connectivity index (χ2n) is 6.17. The van der Waals surface area contributed by atoms with E-state index in [1.807, 2.05) is 38.1 Å². The number of carboxylic acids is 1. The third-order valence-corrected chi connectivity index (χ3v) is 3.68. The van der Waals surface area contributed by atoms with Gasteiger partial charge in [-0.1, -0.05) is 18.2 Å². The highest BCUT2D eigenvalue weighted by molar-refractivity contribution is 5.75. The van der Waals surface area contributed by atoms with Gasteiger partial charge >= 0.3 is 12.0 Å². The predicted molar refractivity (Wildman–Crippen MR) is 81.9 cm³/mol. The number of hydrogen-bond donors (Lipinski definition) is 2. The predicted octanol–water partition coefficient (Wildman–Crippen LogP) is 2.40. The van der Waals surface area contributed by atoms with E-state index in [4.69, 9.17) is 9.84 Å². The van der Waals surface area contributed by atoms with Crippen LogP contribution in [0.3, 0.4) is 0 Å². The molecule has 1 heterocycles. The van der Waals surface area contributed by atoms with Crippen molar-refractivity contribution < 1.29 is 19.4 Å². The van der Waals surface area contributed by atoms with E-state index in [0.717, 1.165) is 11.3 Å². The van der Waals surface area contributed by atoms with Crippen LogP contribution in [0.5, 0.6) is 5.75 Å². The van der Waals surface area contributed by atoms with E-state index < -0.39 is 5.97 Å². The van der Waals surface area contributed by atoms with Crippen molar-refractivity contribution in [2.24, 2.45) is 0 Å². The summed E-state index contributed by atoms with van der Waals surface area (Å²) in [6, 6.07) is 7.21. The molecular weight excluding hydrogens is 284 g/mol. The van der Waals surface area contributed by atoms with E-state index in [1.54, 1.807) is 7.05 Å². The molecule has 2 amide bonds. The highest BCUT2D eigenvalue weighted by atomic mass is 16.5. The molecule has 1 atom stereocenters. The standard InChI is InChI=1S/C16H22N2O4/c1-16(2)10-12(11-6-4-5-7-13(11)22-16)17-15(21)18(3)9-8-14(19)20/h4-7,12H,8-10H2,1-3H3,(H,17,21)(H,19,20). The highest BCUT2D eigenvalue weighted by Crippen LogP contribution is 2.39. The van der Waals surface area contributed by atoms with Crippen molar-refractivity contribution in [3.63, 3.8) is 0 Å². The minimum absolute atomic E-state index is 0.0697. The Bertz CT molecular complexity index is 571. The van der Waals surface area contributed by atoms with Gasteiger partial charge in [-0.25, -0.2) is 4.79 Å². The van der Waals surface area contributed by atoms with E-state index >= 15 is 0 Å². The number of carbonyl (C=O) groups is 2. The number of rotatable bonds is 4. The molecule has 0 radical (unpaired) electrons. The molecule has 1 unspecified atom stereocenters. The SMILES string of the molecule is CN(CCC(=O)O)C(=O)NC1CC(C)(C)Oc2ccccc21. The van der Waals surface area contributed by atoms with Gasteiger partial charge in [0.2, 0.25) is 0 Å². The number of nitrogens with zero attached hydrogens (tertiary/aromatic N) is 1. The van der Waals surface area contributed by atoms with Crippen LogP contribution in [0.2, 0.25) is 0 Å². The summed E-state index contributed by atoms with van der Waals surface area (Å²) in [4.78, 5) is 24.2. The fourth-order valence-electron chi connectivity index (χ4n) is 2.56. The number of urea groups is 1. The Kier molecular flexibility index (Phi) is 4.59. The number of amides is 2. The van der Waals surface area contributed by atoms with Gasteiger partial charge < -0.3 is 20.1 Å². The van der Waals surface area contributed by atoms with Crippen LogP contribution in [-0.4, -0.2) is 41.2 Å². The molecular formula is C16H22N2O4. The van der Waals surface area contributed by atoms with Crippen LogP contribution in [0.25, 0.3) is 0 Å². The van der Waals surface area contributed by atoms with Gasteiger partial charge in [-0.2, -0.15) is 0 Å². The average molecular weight is 306 g/mol. The molecule has 0 fully saturated rings. The number of hydrogen-bond acceptors (Lipinski definition) is 3. The van der Waals surface area contributed by atoms with Crippen LogP contribution in [-0.2, 0) is 4.79 Å². The number of para-hydroxylation sites is 1. The average Bonchev–Trinajstić information content (AvgIpc) is 2.43. The second-order valence-corrected chi connectivity index (χ2v) is 6.17. The van der Waals surface area contributed by atoms with Gasteiger partial charge in [-0.3, -0.25) is 4.79 Å². The number of fused-ring (bicyclic) bond motifs is 1. The molecule has 0 aliphatic carbocycles. The molecule has 6 nitrogen and oxygen atoms in total. The molecule has 1 aromatic carbocycles. The first-order valence-corrected chi connectivity index (χ1v) is 7.30. The lowest BCUT2D eigenvalue weighted by Crippen LogP contribution is -2.45. The number of ether oxygens (including phenoxy) is 1. The zero-order valence-electron chi connectivity index (χ0n) is 13.1. The lowest BCUT2D eigenvalue weighted by Gasteiger charge is -2.38. The molecule has 22 heavy (non-hydrogen) atoms. The van der Waals surface area contributed by atoms with Crippen molar-refractivity contribution in [2.75, 3.05) is 13.6 Å². The van der Waals surface area contributed by atoms with Gasteiger partial charge in [0.05, 0.1) is 12.5 Å². The lowest BCUT2D eigenvalue weighted by atomic mass is 9.90. The first-order chi connectivity index (χ1) is 10.3. The summed E-state index contributed by atoms with van der Waals surface area (Å²) in [5.41, 5.74) is 0.577. The van der Waals surface area contributed by atoms with Crippen LogP contribution in [0.1, 0.15) is 38.3 Å². The van der Waals surface area contributed by atoms with Crippen LogP contribution < -0.4 is 10.1 Å². The van der Waals surface area contributed by atoms with E-state index in [9.17, 15) is 9.59 Å². The molecule has 1 aliphatic heterocycles. The Labute approximate surface area is 130 Å². The van der Waals surface area contributed by atoms with Crippen LogP contribution in [0.4, 0.5) is 4.79 Å². The van der Waals surface area contributed by atoms with Crippen molar-refractivity contribution in [3.8, 4) is 5.75 Å². The molecule has 120 valence electrons. The van der Waals surface area contributed by atoms with Crippen LogP contribution in [0, 0.1) is 0 Å². The number of carboxylic acid groups (broad SMARTS) is 1. The van der Waals surface area contributed by atoms with Crippen molar-refractivity contribution in [1.82, 2.24) is 10.2 Å². The molecule has 1 aliphatic rings. The molecule has 1 aromatic rings. The largest absolute Gasteiger partial charge is 0.487 e. The Morgan fingerprint density at radius 2 is 2.09 bits per heavy atom. The maximum atomic E-state index is 12.2. The van der Waals surface area contributed by atoms with Gasteiger partial charge in [0.15, 0.2) is 0 Å². The fourth-order valence-corrected chi connectivity index (χ4v) is 2.56. The highest BCUT2D eigenvalue weighted by Gasteiger charge is 2.34. The van der Waals surface area contributed by atoms with E-state index in [2.05, 4.69) is 5.32 Å². The topological polar surface area (TPSA) is 78.9 Å². The van der Waals surface area contributed by atoms with Gasteiger partial charge in [0.1, 0.15) is 11.4 Å². The minimum Gasteiger partial charge on any atom is -0.487 e. The van der Waals surface area contributed by atoms with Crippen molar-refractivity contribution >= 4 is 12.0 Å². The first-order valence-electron chi connectivity index (χ1n) is 7.30. The maximum Gasteiger partial charge on any atom is 0.317 e. The third-order valence-electron chi connectivity index (χ3n) is 3.68. The maximum absolute atomic E-state index is 12.2. The molecule has 0 saturated carbocycles. The van der Waals surface area contributed by atoms with Crippen molar-refractivity contribution in [2.45, 2.75) is 38.3 Å². The zero-order valence-corrected chi connectivity index (χ0v) is 13.1. The van der Waals surface area contributed by atoms with Crippen molar-refractivity contribution in [1.29, 1.82) is 0 Å². The minimum atomic E-state index is -0.919. The molecule has 0 saturated heterocycles. The molecule has 0 bridgehead atoms. The Hall–Kier alpha value is -2.24. The number of nitrogens with one attached hydrogen (secondary N) is 1. The molecule has 0 aromatic heterocycles. The van der Waals surface area contributed by atoms with E-state index in [1.165, 1.54) is 4.90 Å². The van der Waals surface area contributed by atoms with Crippen molar-refractivity contribution in [3.05, 3.63) is 29.8 Å². The summed E-state index contributed by atoms with van der Waals surface area (Å²) in [5, 5.41) is 11.7. The van der Waals surface area contributed by atoms with E-state index in [0.29, 0.717) is 6.42 Å². The van der Waals surface area contributed by atoms with Gasteiger partial charge in [-0.05, 0) is 19.9 Å². The molecule has 2 rings (SSSR count). The number of benzene rings is 1. The summed E-state index contributed by atoms with van der Waals surface area (Å²) in [5.74, 6) is -0.144. The second kappa shape index (κ2) is 6.25. The summed E-state index contributed by atoms with van der Waals surface area (Å²) in [6.07, 6.45) is 0.586. The summed E-state index contributed by atoms with van der Waals surface area (Å²) in [6.45, 7) is 4.14. The summed E-state index contributed by atoms with van der Waals surface area (Å²) in [7, 11) is 1.59. The Morgan fingerprint density at radius 3 is 2.77 bits per heavy atom. The lowest BCUT2D eigenvalue weighted by molar-refractivity contribution is -0.137. The Morgan fingerprint density at radius 1 is 1.41 bits per heavy atom. The van der Waals surface area contributed by atoms with Gasteiger partial charge in [0, 0.05) is 25.6 Å². The zero-order chi connectivity index (χ0) is 16.3. The van der Waals surface area contributed by atoms with Gasteiger partial charge in [0.25, 0.3) is 0 Å². The quantitative estimate of drug-likeness (QED) is 0.895.